The van der Waals surface area contributed by atoms with Gasteiger partial charge in [-0.2, -0.15) is 0 Å². The van der Waals surface area contributed by atoms with Crippen molar-refractivity contribution in [2.45, 2.75) is 0 Å². The van der Waals surface area contributed by atoms with Gasteiger partial charge in [0.1, 0.15) is 16.6 Å². The zero-order valence-corrected chi connectivity index (χ0v) is 11.1. The molecule has 0 aliphatic heterocycles. The first kappa shape index (κ1) is 13.3. The molecule has 2 rings (SSSR count). The lowest BCUT2D eigenvalue weighted by atomic mass is 10.2. The van der Waals surface area contributed by atoms with Gasteiger partial charge in [0.2, 0.25) is 0 Å². The van der Waals surface area contributed by atoms with Gasteiger partial charge in [-0.1, -0.05) is 12.2 Å². The first-order chi connectivity index (χ1) is 9.10. The van der Waals surface area contributed by atoms with Crippen molar-refractivity contribution in [3.05, 3.63) is 53.8 Å². The molecule has 0 saturated heterocycles. The maximum atomic E-state index is 13.8. The van der Waals surface area contributed by atoms with Gasteiger partial charge in [-0.15, -0.1) is 0 Å². The topological polar surface area (TPSA) is 47.3 Å². The van der Waals surface area contributed by atoms with Crippen LogP contribution in [0.15, 0.2) is 42.5 Å². The van der Waals surface area contributed by atoms with E-state index in [1.165, 1.54) is 6.07 Å². The number of hydrogen-bond acceptors (Lipinski definition) is 3. The van der Waals surface area contributed by atoms with Gasteiger partial charge in [0, 0.05) is 11.3 Å². The second-order valence-electron chi connectivity index (χ2n) is 3.91. The van der Waals surface area contributed by atoms with E-state index in [9.17, 15) is 4.39 Å². The minimum Gasteiger partial charge on any atom is -0.497 e. The monoisotopic (exact) mass is 276 g/mol. The molecule has 98 valence electrons. The van der Waals surface area contributed by atoms with Crippen LogP contribution in [0.3, 0.4) is 0 Å². The molecule has 0 saturated carbocycles. The van der Waals surface area contributed by atoms with Crippen LogP contribution >= 0.6 is 12.2 Å². The first-order valence-electron chi connectivity index (χ1n) is 5.60. The van der Waals surface area contributed by atoms with Crippen LogP contribution in [0.5, 0.6) is 5.75 Å². The van der Waals surface area contributed by atoms with Crippen molar-refractivity contribution in [1.29, 1.82) is 0 Å². The van der Waals surface area contributed by atoms with Crippen LogP contribution in [0.4, 0.5) is 15.8 Å². The molecule has 3 nitrogen and oxygen atoms in total. The summed E-state index contributed by atoms with van der Waals surface area (Å²) >= 11 is 4.80. The van der Waals surface area contributed by atoms with Crippen LogP contribution in [0, 0.1) is 5.82 Å². The van der Waals surface area contributed by atoms with E-state index >= 15 is 0 Å². The van der Waals surface area contributed by atoms with Crippen LogP contribution < -0.4 is 15.8 Å². The zero-order valence-electron chi connectivity index (χ0n) is 10.3. The molecule has 0 aliphatic carbocycles. The summed E-state index contributed by atoms with van der Waals surface area (Å²) in [5.74, 6) is 0.343. The molecular weight excluding hydrogens is 263 g/mol. The molecule has 3 N–H and O–H groups in total. The number of anilines is 2. The lowest BCUT2D eigenvalue weighted by molar-refractivity contribution is 0.415. The molecule has 2 aromatic rings. The van der Waals surface area contributed by atoms with Crippen LogP contribution in [0.25, 0.3) is 0 Å². The molecule has 19 heavy (non-hydrogen) atoms. The third-order valence-electron chi connectivity index (χ3n) is 2.62. The smallest absolute Gasteiger partial charge is 0.147 e. The summed E-state index contributed by atoms with van der Waals surface area (Å²) in [6.45, 7) is 0. The average molecular weight is 276 g/mol. The zero-order chi connectivity index (χ0) is 13.8. The van der Waals surface area contributed by atoms with E-state index < -0.39 is 5.82 Å². The van der Waals surface area contributed by atoms with Crippen molar-refractivity contribution in [1.82, 2.24) is 0 Å². The fourth-order valence-electron chi connectivity index (χ4n) is 1.60. The maximum absolute atomic E-state index is 13.8. The van der Waals surface area contributed by atoms with Crippen molar-refractivity contribution >= 4 is 28.6 Å². The molecule has 0 atom stereocenters. The fourth-order valence-corrected chi connectivity index (χ4v) is 1.73. The molecular formula is C14H13FN2OS. The summed E-state index contributed by atoms with van der Waals surface area (Å²) in [4.78, 5) is 0.176. The lowest BCUT2D eigenvalue weighted by Crippen LogP contribution is -2.09. The quantitative estimate of drug-likeness (QED) is 0.842. The highest BCUT2D eigenvalue weighted by Gasteiger charge is 2.05. The Balaban J connectivity index is 2.20. The van der Waals surface area contributed by atoms with Gasteiger partial charge in [-0.3, -0.25) is 0 Å². The SMILES string of the molecule is COc1ccc(Nc2ccc(C(N)=S)cc2F)cc1. The number of ether oxygens (including phenoxy) is 1. The Kier molecular flexibility index (Phi) is 3.97. The van der Waals surface area contributed by atoms with Gasteiger partial charge in [-0.25, -0.2) is 4.39 Å². The number of nitrogens with two attached hydrogens (primary N) is 1. The van der Waals surface area contributed by atoms with Crippen LogP contribution in [0.1, 0.15) is 5.56 Å². The van der Waals surface area contributed by atoms with E-state index in [1.54, 1.807) is 43.5 Å². The van der Waals surface area contributed by atoms with E-state index in [-0.39, 0.29) is 4.99 Å². The molecule has 0 amide bonds. The molecule has 0 aromatic heterocycles. The number of nitrogens with one attached hydrogen (secondary N) is 1. The summed E-state index contributed by atoms with van der Waals surface area (Å²) in [5, 5.41) is 2.97. The Morgan fingerprint density at radius 2 is 1.89 bits per heavy atom. The summed E-state index contributed by atoms with van der Waals surface area (Å²) in [7, 11) is 1.59. The lowest BCUT2D eigenvalue weighted by Gasteiger charge is -2.09. The summed E-state index contributed by atoms with van der Waals surface area (Å²) in [6.07, 6.45) is 0. The van der Waals surface area contributed by atoms with Gasteiger partial charge in [0.05, 0.1) is 12.8 Å². The second kappa shape index (κ2) is 5.67. The van der Waals surface area contributed by atoms with E-state index in [1.807, 2.05) is 0 Å². The minimum atomic E-state index is -0.402. The van der Waals surface area contributed by atoms with Crippen molar-refractivity contribution in [3.8, 4) is 5.75 Å². The van der Waals surface area contributed by atoms with E-state index in [0.29, 0.717) is 11.3 Å². The predicted octanol–water partition coefficient (Wildman–Crippen LogP) is 3.21. The van der Waals surface area contributed by atoms with Gasteiger partial charge >= 0.3 is 0 Å². The molecule has 0 heterocycles. The highest BCUT2D eigenvalue weighted by molar-refractivity contribution is 7.80. The van der Waals surface area contributed by atoms with E-state index in [4.69, 9.17) is 22.7 Å². The van der Waals surface area contributed by atoms with E-state index in [0.717, 1.165) is 11.4 Å². The van der Waals surface area contributed by atoms with E-state index in [2.05, 4.69) is 5.32 Å². The first-order valence-corrected chi connectivity index (χ1v) is 6.01. The van der Waals surface area contributed by atoms with Crippen LogP contribution in [-0.2, 0) is 0 Å². The van der Waals surface area contributed by atoms with Crippen molar-refractivity contribution in [3.63, 3.8) is 0 Å². The molecule has 0 radical (unpaired) electrons. The molecule has 2 aromatic carbocycles. The van der Waals surface area contributed by atoms with Gasteiger partial charge < -0.3 is 15.8 Å². The third kappa shape index (κ3) is 3.20. The number of benzene rings is 2. The van der Waals surface area contributed by atoms with Crippen molar-refractivity contribution in [2.24, 2.45) is 5.73 Å². The number of thiocarbonyl (C=S) groups is 1. The Morgan fingerprint density at radius 1 is 1.21 bits per heavy atom. The van der Waals surface area contributed by atoms with Gasteiger partial charge in [-0.05, 0) is 42.5 Å². The molecule has 0 spiro atoms. The summed E-state index contributed by atoms with van der Waals surface area (Å²) in [6, 6.07) is 11.8. The van der Waals surface area contributed by atoms with Crippen molar-refractivity contribution in [2.75, 3.05) is 12.4 Å². The second-order valence-corrected chi connectivity index (χ2v) is 4.35. The number of halogens is 1. The molecule has 0 unspecified atom stereocenters. The fraction of sp³-hybridized carbons (Fsp3) is 0.0714. The van der Waals surface area contributed by atoms with Gasteiger partial charge in [0.15, 0.2) is 0 Å². The Morgan fingerprint density at radius 3 is 2.42 bits per heavy atom. The Labute approximate surface area is 116 Å². The standard InChI is InChI=1S/C14H13FN2OS/c1-18-11-5-3-10(4-6-11)17-13-7-2-9(14(16)19)8-12(13)15/h2-8,17H,1H3,(H2,16,19). The minimum absolute atomic E-state index is 0.176. The number of rotatable bonds is 4. The number of hydrogen-bond donors (Lipinski definition) is 2. The number of methoxy groups -OCH3 is 1. The average Bonchev–Trinajstić information content (AvgIpc) is 2.41. The maximum Gasteiger partial charge on any atom is 0.147 e. The summed E-state index contributed by atoms with van der Waals surface area (Å²) in [5.41, 5.74) is 7.09. The van der Waals surface area contributed by atoms with Crippen molar-refractivity contribution < 1.29 is 9.13 Å². The molecule has 0 bridgehead atoms. The molecule has 5 heteroatoms. The highest BCUT2D eigenvalue weighted by Crippen LogP contribution is 2.22. The third-order valence-corrected chi connectivity index (χ3v) is 2.86. The highest BCUT2D eigenvalue weighted by atomic mass is 32.1. The van der Waals surface area contributed by atoms with Gasteiger partial charge in [0.25, 0.3) is 0 Å². The Hall–Kier alpha value is -2.14. The largest absolute Gasteiger partial charge is 0.497 e. The molecule has 0 fully saturated rings. The Bertz CT molecular complexity index is 599. The van der Waals surface area contributed by atoms with Crippen LogP contribution in [-0.4, -0.2) is 12.1 Å². The normalized spacial score (nSPS) is 10.0. The predicted molar refractivity (Wildman–Crippen MR) is 78.6 cm³/mol. The summed E-state index contributed by atoms with van der Waals surface area (Å²) < 4.78 is 18.9. The molecule has 0 aliphatic rings. The van der Waals surface area contributed by atoms with Crippen LogP contribution in [0.2, 0.25) is 0 Å².